The highest BCUT2D eigenvalue weighted by Gasteiger charge is 2.09. The van der Waals surface area contributed by atoms with Crippen LogP contribution in [0.4, 0.5) is 0 Å². The van der Waals surface area contributed by atoms with E-state index in [2.05, 4.69) is 6.58 Å². The minimum Gasteiger partial charge on any atom is -0.305 e. The normalized spacial score (nSPS) is 12.0. The van der Waals surface area contributed by atoms with Crippen molar-refractivity contribution in [2.45, 2.75) is 6.04 Å². The second-order valence-electron chi connectivity index (χ2n) is 3.54. The SMILES string of the molecule is C=C[C@H](c1ccccc1)n1ccccc1=O. The molecule has 1 heterocycles. The standard InChI is InChI=1S/C14H13NO/c1-2-13(12-8-4-3-5-9-12)15-11-7-6-10-14(15)16/h2-11,13H,1H2/t13-/m1/s1. The molecule has 2 nitrogen and oxygen atoms in total. The Morgan fingerprint density at radius 2 is 1.75 bits per heavy atom. The lowest BCUT2D eigenvalue weighted by molar-refractivity contribution is 0.671. The Hall–Kier alpha value is -2.09. The van der Waals surface area contributed by atoms with Gasteiger partial charge in [0.15, 0.2) is 0 Å². The lowest BCUT2D eigenvalue weighted by Gasteiger charge is -2.15. The number of aromatic nitrogens is 1. The summed E-state index contributed by atoms with van der Waals surface area (Å²) in [6.07, 6.45) is 3.55. The first kappa shape index (κ1) is 10.4. The highest BCUT2D eigenvalue weighted by atomic mass is 16.1. The fourth-order valence-electron chi connectivity index (χ4n) is 1.73. The molecule has 0 unspecified atom stereocenters. The predicted molar refractivity (Wildman–Crippen MR) is 65.5 cm³/mol. The third-order valence-electron chi connectivity index (χ3n) is 2.52. The maximum atomic E-state index is 11.7. The maximum Gasteiger partial charge on any atom is 0.251 e. The molecule has 0 saturated carbocycles. The zero-order valence-electron chi connectivity index (χ0n) is 8.91. The summed E-state index contributed by atoms with van der Waals surface area (Å²) in [7, 11) is 0. The van der Waals surface area contributed by atoms with Gasteiger partial charge in [0.25, 0.3) is 5.56 Å². The van der Waals surface area contributed by atoms with E-state index in [4.69, 9.17) is 0 Å². The second kappa shape index (κ2) is 4.62. The van der Waals surface area contributed by atoms with E-state index in [-0.39, 0.29) is 11.6 Å². The van der Waals surface area contributed by atoms with Crippen LogP contribution in [0.1, 0.15) is 11.6 Å². The highest BCUT2D eigenvalue weighted by molar-refractivity contribution is 5.23. The first-order valence-corrected chi connectivity index (χ1v) is 5.17. The van der Waals surface area contributed by atoms with Gasteiger partial charge in [-0.2, -0.15) is 0 Å². The Kier molecular flexibility index (Phi) is 3.01. The summed E-state index contributed by atoms with van der Waals surface area (Å²) in [5.74, 6) is 0. The maximum absolute atomic E-state index is 11.7. The van der Waals surface area contributed by atoms with Crippen LogP contribution in [0.25, 0.3) is 0 Å². The second-order valence-corrected chi connectivity index (χ2v) is 3.54. The molecule has 2 rings (SSSR count). The average molecular weight is 211 g/mol. The van der Waals surface area contributed by atoms with Crippen LogP contribution in [-0.2, 0) is 0 Å². The van der Waals surface area contributed by atoms with Crippen molar-refractivity contribution in [1.82, 2.24) is 4.57 Å². The van der Waals surface area contributed by atoms with E-state index in [9.17, 15) is 4.79 Å². The van der Waals surface area contributed by atoms with Crippen molar-refractivity contribution in [1.29, 1.82) is 0 Å². The van der Waals surface area contributed by atoms with Crippen molar-refractivity contribution in [3.8, 4) is 0 Å². The van der Waals surface area contributed by atoms with E-state index in [1.165, 1.54) is 0 Å². The van der Waals surface area contributed by atoms with E-state index in [0.717, 1.165) is 5.56 Å². The Balaban J connectivity index is 2.50. The van der Waals surface area contributed by atoms with Crippen LogP contribution >= 0.6 is 0 Å². The number of nitrogens with zero attached hydrogens (tertiary/aromatic N) is 1. The molecule has 0 saturated heterocycles. The highest BCUT2D eigenvalue weighted by Crippen LogP contribution is 2.16. The predicted octanol–water partition coefficient (Wildman–Crippen LogP) is 2.62. The van der Waals surface area contributed by atoms with Gasteiger partial charge in [-0.1, -0.05) is 42.5 Å². The van der Waals surface area contributed by atoms with E-state index in [1.54, 1.807) is 29.0 Å². The summed E-state index contributed by atoms with van der Waals surface area (Å²) in [6, 6.07) is 14.9. The summed E-state index contributed by atoms with van der Waals surface area (Å²) in [6.45, 7) is 3.80. The molecule has 16 heavy (non-hydrogen) atoms. The van der Waals surface area contributed by atoms with Crippen LogP contribution in [0.5, 0.6) is 0 Å². The zero-order chi connectivity index (χ0) is 11.4. The average Bonchev–Trinajstić information content (AvgIpc) is 2.34. The molecule has 2 aromatic rings. The molecule has 0 aliphatic carbocycles. The Morgan fingerprint density at radius 1 is 1.06 bits per heavy atom. The Bertz CT molecular complexity index is 528. The van der Waals surface area contributed by atoms with Crippen molar-refractivity contribution in [2.24, 2.45) is 0 Å². The molecule has 0 bridgehead atoms. The summed E-state index contributed by atoms with van der Waals surface area (Å²) in [4.78, 5) is 11.7. The largest absolute Gasteiger partial charge is 0.305 e. The molecule has 1 atom stereocenters. The van der Waals surface area contributed by atoms with Crippen molar-refractivity contribution in [2.75, 3.05) is 0 Å². The monoisotopic (exact) mass is 211 g/mol. The molecule has 0 N–H and O–H groups in total. The molecule has 0 aliphatic heterocycles. The molecule has 1 aromatic heterocycles. The van der Waals surface area contributed by atoms with Crippen molar-refractivity contribution in [3.05, 3.63) is 83.3 Å². The Morgan fingerprint density at radius 3 is 2.38 bits per heavy atom. The fraction of sp³-hybridized carbons (Fsp3) is 0.0714. The van der Waals surface area contributed by atoms with Gasteiger partial charge >= 0.3 is 0 Å². The van der Waals surface area contributed by atoms with Gasteiger partial charge in [-0.25, -0.2) is 0 Å². The van der Waals surface area contributed by atoms with Gasteiger partial charge < -0.3 is 4.57 Å². The lowest BCUT2D eigenvalue weighted by atomic mass is 10.1. The van der Waals surface area contributed by atoms with Gasteiger partial charge in [0, 0.05) is 12.3 Å². The van der Waals surface area contributed by atoms with Crippen LogP contribution < -0.4 is 5.56 Å². The number of pyridine rings is 1. The van der Waals surface area contributed by atoms with Crippen LogP contribution in [0.15, 0.2) is 72.2 Å². The van der Waals surface area contributed by atoms with E-state index in [0.29, 0.717) is 0 Å². The smallest absolute Gasteiger partial charge is 0.251 e. The number of allylic oxidation sites excluding steroid dienone is 1. The lowest BCUT2D eigenvalue weighted by Crippen LogP contribution is -2.22. The molecule has 0 aliphatic rings. The van der Waals surface area contributed by atoms with Crippen molar-refractivity contribution >= 4 is 0 Å². The number of hydrogen-bond donors (Lipinski definition) is 0. The topological polar surface area (TPSA) is 22.0 Å². The van der Waals surface area contributed by atoms with Crippen LogP contribution in [-0.4, -0.2) is 4.57 Å². The van der Waals surface area contributed by atoms with Gasteiger partial charge in [-0.15, -0.1) is 6.58 Å². The molecule has 0 spiro atoms. The van der Waals surface area contributed by atoms with Crippen LogP contribution in [0.2, 0.25) is 0 Å². The number of rotatable bonds is 3. The molecule has 80 valence electrons. The van der Waals surface area contributed by atoms with Crippen LogP contribution in [0.3, 0.4) is 0 Å². The molecule has 2 heteroatoms. The molecule has 0 radical (unpaired) electrons. The summed E-state index contributed by atoms with van der Waals surface area (Å²) < 4.78 is 1.67. The van der Waals surface area contributed by atoms with Gasteiger partial charge in [-0.05, 0) is 11.6 Å². The summed E-state index contributed by atoms with van der Waals surface area (Å²) in [5, 5.41) is 0. The molecular weight excluding hydrogens is 198 g/mol. The third kappa shape index (κ3) is 1.96. The van der Waals surface area contributed by atoms with Crippen LogP contribution in [0, 0.1) is 0 Å². The molecule has 0 fully saturated rings. The quantitative estimate of drug-likeness (QED) is 0.715. The molecular formula is C14H13NO. The minimum atomic E-state index is -0.102. The molecule has 1 aromatic carbocycles. The third-order valence-corrected chi connectivity index (χ3v) is 2.52. The fourth-order valence-corrected chi connectivity index (χ4v) is 1.73. The zero-order valence-corrected chi connectivity index (χ0v) is 8.91. The number of hydrogen-bond acceptors (Lipinski definition) is 1. The van der Waals surface area contributed by atoms with Gasteiger partial charge in [-0.3, -0.25) is 4.79 Å². The van der Waals surface area contributed by atoms with Gasteiger partial charge in [0.1, 0.15) is 0 Å². The van der Waals surface area contributed by atoms with Crippen molar-refractivity contribution < 1.29 is 0 Å². The van der Waals surface area contributed by atoms with E-state index < -0.39 is 0 Å². The van der Waals surface area contributed by atoms with Crippen molar-refractivity contribution in [3.63, 3.8) is 0 Å². The van der Waals surface area contributed by atoms with Gasteiger partial charge in [0.05, 0.1) is 6.04 Å². The van der Waals surface area contributed by atoms with E-state index >= 15 is 0 Å². The Labute approximate surface area is 94.5 Å². The summed E-state index contributed by atoms with van der Waals surface area (Å²) in [5.41, 5.74) is 1.04. The number of benzene rings is 1. The first-order valence-electron chi connectivity index (χ1n) is 5.17. The minimum absolute atomic E-state index is 0.0174. The first-order chi connectivity index (χ1) is 7.83. The molecule has 0 amide bonds. The van der Waals surface area contributed by atoms with E-state index in [1.807, 2.05) is 36.4 Å². The summed E-state index contributed by atoms with van der Waals surface area (Å²) >= 11 is 0. The van der Waals surface area contributed by atoms with Gasteiger partial charge in [0.2, 0.25) is 0 Å².